The molecule has 3 N–H and O–H groups in total. The van der Waals surface area contributed by atoms with E-state index >= 15 is 0 Å². The predicted molar refractivity (Wildman–Crippen MR) is 77.7 cm³/mol. The summed E-state index contributed by atoms with van der Waals surface area (Å²) in [6.07, 6.45) is 0.561. The number of benzene rings is 1. The molecule has 2 unspecified atom stereocenters. The van der Waals surface area contributed by atoms with E-state index in [4.69, 9.17) is 17.3 Å². The minimum atomic E-state index is -0.941. The van der Waals surface area contributed by atoms with E-state index in [1.165, 1.54) is 0 Å². The van der Waals surface area contributed by atoms with Crippen LogP contribution in [0.15, 0.2) is 29.3 Å². The first kappa shape index (κ1) is 14.7. The first-order valence-electron chi connectivity index (χ1n) is 6.33. The number of carbonyl (C=O) groups is 2. The molecule has 6 heteroatoms. The number of nitrogens with zero attached hydrogens (tertiary/aromatic N) is 1. The van der Waals surface area contributed by atoms with Gasteiger partial charge in [-0.1, -0.05) is 30.7 Å². The largest absolute Gasteiger partial charge is 0.319 e. The highest BCUT2D eigenvalue weighted by molar-refractivity contribution is 6.30. The molecule has 0 saturated heterocycles. The van der Waals surface area contributed by atoms with E-state index in [0.29, 0.717) is 17.0 Å². The highest BCUT2D eigenvalue weighted by Crippen LogP contribution is 2.23. The highest BCUT2D eigenvalue weighted by Gasteiger charge is 2.37. The van der Waals surface area contributed by atoms with Gasteiger partial charge >= 0.3 is 0 Å². The van der Waals surface area contributed by atoms with Gasteiger partial charge in [-0.2, -0.15) is 4.99 Å². The predicted octanol–water partition coefficient (Wildman–Crippen LogP) is 1.61. The Morgan fingerprint density at radius 3 is 2.45 bits per heavy atom. The summed E-state index contributed by atoms with van der Waals surface area (Å²) in [5, 5.41) is 3.18. The minimum Gasteiger partial charge on any atom is -0.319 e. The maximum absolute atomic E-state index is 12.2. The Hall–Kier alpha value is -1.72. The number of halogens is 1. The van der Waals surface area contributed by atoms with Gasteiger partial charge in [-0.15, -0.1) is 0 Å². The fraction of sp³-hybridized carbons (Fsp3) is 0.357. The van der Waals surface area contributed by atoms with E-state index in [-0.39, 0.29) is 5.84 Å². The zero-order chi connectivity index (χ0) is 14.9. The van der Waals surface area contributed by atoms with Gasteiger partial charge in [-0.05, 0) is 31.0 Å². The van der Waals surface area contributed by atoms with E-state index in [9.17, 15) is 9.59 Å². The SMILES string of the molecule is CCC(C)(N)C1=NC(=O)C(c2ccc(Cl)cc2)C(=O)N1. The summed E-state index contributed by atoms with van der Waals surface area (Å²) < 4.78 is 0. The molecule has 1 heterocycles. The zero-order valence-electron chi connectivity index (χ0n) is 11.3. The number of amides is 2. The van der Waals surface area contributed by atoms with Crippen LogP contribution in [-0.2, 0) is 9.59 Å². The van der Waals surface area contributed by atoms with Gasteiger partial charge in [0.2, 0.25) is 5.91 Å². The fourth-order valence-corrected chi connectivity index (χ4v) is 2.02. The number of amidine groups is 1. The molecule has 0 aliphatic carbocycles. The monoisotopic (exact) mass is 293 g/mol. The molecule has 2 atom stereocenters. The fourth-order valence-electron chi connectivity index (χ4n) is 1.89. The molecule has 106 valence electrons. The van der Waals surface area contributed by atoms with Crippen molar-refractivity contribution in [3.05, 3.63) is 34.9 Å². The lowest BCUT2D eigenvalue weighted by Gasteiger charge is -2.29. The molecule has 2 rings (SSSR count). The van der Waals surface area contributed by atoms with Crippen LogP contribution < -0.4 is 11.1 Å². The van der Waals surface area contributed by atoms with Crippen LogP contribution in [0.3, 0.4) is 0 Å². The van der Waals surface area contributed by atoms with Gasteiger partial charge in [0.25, 0.3) is 5.91 Å². The van der Waals surface area contributed by atoms with Crippen LogP contribution in [0.5, 0.6) is 0 Å². The summed E-state index contributed by atoms with van der Waals surface area (Å²) in [5.74, 6) is -1.63. The number of hydrogen-bond acceptors (Lipinski definition) is 3. The third kappa shape index (κ3) is 2.73. The summed E-state index contributed by atoms with van der Waals surface area (Å²) in [6, 6.07) is 6.56. The molecule has 1 aromatic carbocycles. The second-order valence-electron chi connectivity index (χ2n) is 5.04. The van der Waals surface area contributed by atoms with Crippen LogP contribution in [0.1, 0.15) is 31.7 Å². The van der Waals surface area contributed by atoms with Gasteiger partial charge in [0, 0.05) is 5.02 Å². The molecule has 1 aliphatic heterocycles. The molecular formula is C14H16ClN3O2. The average Bonchev–Trinajstić information content (AvgIpc) is 2.40. The van der Waals surface area contributed by atoms with Crippen LogP contribution in [-0.4, -0.2) is 23.2 Å². The van der Waals surface area contributed by atoms with Crippen molar-refractivity contribution < 1.29 is 9.59 Å². The second kappa shape index (κ2) is 5.34. The van der Waals surface area contributed by atoms with Crippen LogP contribution in [0.4, 0.5) is 0 Å². The number of hydrogen-bond donors (Lipinski definition) is 2. The van der Waals surface area contributed by atoms with Gasteiger partial charge in [0.1, 0.15) is 11.8 Å². The maximum Gasteiger partial charge on any atom is 0.264 e. The Morgan fingerprint density at radius 2 is 1.95 bits per heavy atom. The van der Waals surface area contributed by atoms with E-state index in [1.807, 2.05) is 6.92 Å². The molecule has 0 bridgehead atoms. The van der Waals surface area contributed by atoms with Gasteiger partial charge < -0.3 is 11.1 Å². The first-order chi connectivity index (χ1) is 9.35. The van der Waals surface area contributed by atoms with E-state index in [2.05, 4.69) is 10.3 Å². The molecule has 1 aromatic rings. The Bertz CT molecular complexity index is 579. The minimum absolute atomic E-state index is 0.222. The number of nitrogens with one attached hydrogen (secondary N) is 1. The average molecular weight is 294 g/mol. The van der Waals surface area contributed by atoms with Crippen LogP contribution >= 0.6 is 11.6 Å². The van der Waals surface area contributed by atoms with Crippen LogP contribution in [0, 0.1) is 0 Å². The molecule has 5 nitrogen and oxygen atoms in total. The third-order valence-electron chi connectivity index (χ3n) is 3.45. The molecule has 2 amide bonds. The lowest BCUT2D eigenvalue weighted by molar-refractivity contribution is -0.130. The van der Waals surface area contributed by atoms with Crippen molar-refractivity contribution >= 4 is 29.3 Å². The van der Waals surface area contributed by atoms with Crippen LogP contribution in [0.25, 0.3) is 0 Å². The first-order valence-corrected chi connectivity index (χ1v) is 6.71. The molecule has 0 aromatic heterocycles. The Labute approximate surface area is 122 Å². The van der Waals surface area contributed by atoms with Crippen molar-refractivity contribution in [1.29, 1.82) is 0 Å². The summed E-state index contributed by atoms with van der Waals surface area (Å²) in [7, 11) is 0. The van der Waals surface area contributed by atoms with Crippen molar-refractivity contribution in [2.75, 3.05) is 0 Å². The maximum atomic E-state index is 12.2. The normalized spacial score (nSPS) is 22.0. The zero-order valence-corrected chi connectivity index (χ0v) is 12.1. The van der Waals surface area contributed by atoms with Gasteiger partial charge in [-0.25, -0.2) is 0 Å². The molecule has 0 spiro atoms. The lowest BCUT2D eigenvalue weighted by atomic mass is 9.92. The Kier molecular flexibility index (Phi) is 3.92. The number of aliphatic imine (C=N–C) groups is 1. The van der Waals surface area contributed by atoms with Gasteiger partial charge in [0.15, 0.2) is 0 Å². The van der Waals surface area contributed by atoms with E-state index in [1.54, 1.807) is 31.2 Å². The molecule has 0 fully saturated rings. The van der Waals surface area contributed by atoms with Gasteiger partial charge in [0.05, 0.1) is 5.54 Å². The Balaban J connectivity index is 2.34. The topological polar surface area (TPSA) is 84.5 Å². The molecule has 1 aliphatic rings. The quantitative estimate of drug-likeness (QED) is 0.830. The smallest absolute Gasteiger partial charge is 0.264 e. The third-order valence-corrected chi connectivity index (χ3v) is 3.70. The summed E-state index contributed by atoms with van der Waals surface area (Å²) >= 11 is 5.80. The standard InChI is InChI=1S/C14H16ClN3O2/c1-3-14(2,16)13-17-11(19)10(12(20)18-13)8-4-6-9(15)7-5-8/h4-7,10H,3,16H2,1-2H3,(H,17,18,19,20). The number of carbonyl (C=O) groups excluding carboxylic acids is 2. The molecule has 20 heavy (non-hydrogen) atoms. The number of nitrogens with two attached hydrogens (primary N) is 1. The van der Waals surface area contributed by atoms with Gasteiger partial charge in [-0.3, -0.25) is 9.59 Å². The molecule has 0 saturated carbocycles. The van der Waals surface area contributed by atoms with Crippen molar-refractivity contribution in [2.45, 2.75) is 31.7 Å². The summed E-state index contributed by atoms with van der Waals surface area (Å²) in [4.78, 5) is 28.2. The van der Waals surface area contributed by atoms with E-state index in [0.717, 1.165) is 0 Å². The van der Waals surface area contributed by atoms with Crippen molar-refractivity contribution in [2.24, 2.45) is 10.7 Å². The summed E-state index contributed by atoms with van der Waals surface area (Å²) in [5.41, 5.74) is 5.75. The van der Waals surface area contributed by atoms with Crippen molar-refractivity contribution in [1.82, 2.24) is 5.32 Å². The second-order valence-corrected chi connectivity index (χ2v) is 5.48. The Morgan fingerprint density at radius 1 is 1.35 bits per heavy atom. The lowest BCUT2D eigenvalue weighted by Crippen LogP contribution is -2.56. The molecule has 0 radical (unpaired) electrons. The summed E-state index contributed by atoms with van der Waals surface area (Å²) in [6.45, 7) is 3.59. The van der Waals surface area contributed by atoms with Crippen LogP contribution in [0.2, 0.25) is 5.02 Å². The van der Waals surface area contributed by atoms with E-state index < -0.39 is 23.3 Å². The van der Waals surface area contributed by atoms with Crippen molar-refractivity contribution in [3.63, 3.8) is 0 Å². The highest BCUT2D eigenvalue weighted by atomic mass is 35.5. The molecular weight excluding hydrogens is 278 g/mol. The number of rotatable bonds is 3. The van der Waals surface area contributed by atoms with Crippen molar-refractivity contribution in [3.8, 4) is 0 Å².